The number of fused-ring (bicyclic) bond motifs is 2. The zero-order valence-corrected chi connectivity index (χ0v) is 18.2. The van der Waals surface area contributed by atoms with Crippen molar-refractivity contribution < 1.29 is 14.5 Å². The molecule has 5 rings (SSSR count). The van der Waals surface area contributed by atoms with Crippen molar-refractivity contribution in [1.82, 2.24) is 0 Å². The van der Waals surface area contributed by atoms with Gasteiger partial charge in [-0.15, -0.1) is 0 Å². The topological polar surface area (TPSA) is 120 Å². The molecule has 8 heteroatoms. The standard InChI is InChI=1S/C26H20N4O4/c1-34-25-14-18(7-10-24(25)30(32)33)16-5-8-20-22(12-16)28-21-9-6-17(13-23(21)29-26(20)31)15-3-2-4-19(27)11-15/h2-14,28H,27H2,1H3,(H,29,31). The highest BCUT2D eigenvalue weighted by Crippen LogP contribution is 2.38. The Labute approximate surface area is 195 Å². The molecule has 4 aromatic rings. The van der Waals surface area contributed by atoms with E-state index in [4.69, 9.17) is 10.5 Å². The molecule has 1 aliphatic rings. The zero-order chi connectivity index (χ0) is 23.8. The van der Waals surface area contributed by atoms with Crippen LogP contribution in [-0.2, 0) is 0 Å². The highest BCUT2D eigenvalue weighted by atomic mass is 16.6. The van der Waals surface area contributed by atoms with Crippen LogP contribution in [0.3, 0.4) is 0 Å². The van der Waals surface area contributed by atoms with Crippen molar-refractivity contribution in [3.8, 4) is 28.0 Å². The second-order valence-corrected chi connectivity index (χ2v) is 7.87. The molecule has 8 nitrogen and oxygen atoms in total. The maximum Gasteiger partial charge on any atom is 0.310 e. The van der Waals surface area contributed by atoms with Gasteiger partial charge in [-0.1, -0.05) is 24.3 Å². The molecule has 0 saturated heterocycles. The van der Waals surface area contributed by atoms with Crippen molar-refractivity contribution in [2.75, 3.05) is 23.5 Å². The largest absolute Gasteiger partial charge is 0.490 e. The maximum atomic E-state index is 13.0. The van der Waals surface area contributed by atoms with E-state index < -0.39 is 4.92 Å². The van der Waals surface area contributed by atoms with Crippen LogP contribution in [0.5, 0.6) is 5.75 Å². The summed E-state index contributed by atoms with van der Waals surface area (Å²) in [7, 11) is 1.39. The first-order valence-corrected chi connectivity index (χ1v) is 10.5. The number of rotatable bonds is 4. The Morgan fingerprint density at radius 3 is 2.21 bits per heavy atom. The van der Waals surface area contributed by atoms with Crippen LogP contribution in [0.1, 0.15) is 10.4 Å². The number of nitrogens with zero attached hydrogens (tertiary/aromatic N) is 1. The molecule has 0 bridgehead atoms. The third kappa shape index (κ3) is 3.77. The van der Waals surface area contributed by atoms with Gasteiger partial charge in [0.25, 0.3) is 5.91 Å². The fourth-order valence-electron chi connectivity index (χ4n) is 4.02. The number of nitrogen functional groups attached to an aromatic ring is 1. The van der Waals surface area contributed by atoms with Gasteiger partial charge in [-0.3, -0.25) is 14.9 Å². The van der Waals surface area contributed by atoms with Crippen molar-refractivity contribution in [2.24, 2.45) is 0 Å². The van der Waals surface area contributed by atoms with Gasteiger partial charge in [0.1, 0.15) is 0 Å². The smallest absolute Gasteiger partial charge is 0.310 e. The number of nitro groups is 1. The predicted octanol–water partition coefficient (Wildman–Crippen LogP) is 5.83. The molecule has 1 heterocycles. The number of ether oxygens (including phenoxy) is 1. The van der Waals surface area contributed by atoms with Gasteiger partial charge in [0, 0.05) is 11.8 Å². The van der Waals surface area contributed by atoms with E-state index in [-0.39, 0.29) is 17.3 Å². The number of hydrogen-bond donors (Lipinski definition) is 3. The van der Waals surface area contributed by atoms with E-state index in [0.29, 0.717) is 22.6 Å². The Hall–Kier alpha value is -4.85. The van der Waals surface area contributed by atoms with Crippen molar-refractivity contribution in [2.45, 2.75) is 0 Å². The number of nitrogens with one attached hydrogen (secondary N) is 2. The summed E-state index contributed by atoms with van der Waals surface area (Å²) in [5.74, 6) is -0.0682. The molecule has 168 valence electrons. The van der Waals surface area contributed by atoms with Gasteiger partial charge < -0.3 is 21.1 Å². The van der Waals surface area contributed by atoms with Crippen LogP contribution in [0.25, 0.3) is 22.3 Å². The molecule has 0 aromatic heterocycles. The van der Waals surface area contributed by atoms with E-state index in [1.165, 1.54) is 13.2 Å². The van der Waals surface area contributed by atoms with Crippen LogP contribution in [0.2, 0.25) is 0 Å². The highest BCUT2D eigenvalue weighted by molar-refractivity contribution is 6.12. The summed E-state index contributed by atoms with van der Waals surface area (Å²) in [5.41, 5.74) is 12.4. The van der Waals surface area contributed by atoms with Crippen LogP contribution in [0, 0.1) is 10.1 Å². The lowest BCUT2D eigenvalue weighted by Crippen LogP contribution is -2.10. The van der Waals surface area contributed by atoms with Gasteiger partial charge in [-0.2, -0.15) is 0 Å². The molecule has 34 heavy (non-hydrogen) atoms. The second kappa shape index (κ2) is 8.25. The van der Waals surface area contributed by atoms with Crippen LogP contribution >= 0.6 is 0 Å². The second-order valence-electron chi connectivity index (χ2n) is 7.87. The first-order chi connectivity index (χ1) is 16.4. The Kier molecular flexibility index (Phi) is 5.10. The molecular weight excluding hydrogens is 432 g/mol. The number of anilines is 4. The Morgan fingerprint density at radius 1 is 0.794 bits per heavy atom. The first kappa shape index (κ1) is 21.0. The Morgan fingerprint density at radius 2 is 1.47 bits per heavy atom. The third-order valence-electron chi connectivity index (χ3n) is 5.73. The van der Waals surface area contributed by atoms with Gasteiger partial charge in [-0.05, 0) is 70.8 Å². The number of amides is 1. The molecule has 1 aliphatic heterocycles. The fraction of sp³-hybridized carbons (Fsp3) is 0.0385. The number of carbonyl (C=O) groups is 1. The van der Waals surface area contributed by atoms with E-state index in [1.807, 2.05) is 48.5 Å². The zero-order valence-electron chi connectivity index (χ0n) is 18.2. The van der Waals surface area contributed by atoms with E-state index in [1.54, 1.807) is 24.3 Å². The first-order valence-electron chi connectivity index (χ1n) is 10.5. The van der Waals surface area contributed by atoms with E-state index in [0.717, 1.165) is 27.9 Å². The molecule has 0 unspecified atom stereocenters. The number of carbonyl (C=O) groups excluding carboxylic acids is 1. The average Bonchev–Trinajstić information content (AvgIpc) is 2.98. The lowest BCUT2D eigenvalue weighted by atomic mass is 10.0. The number of nitro benzene ring substituents is 1. The lowest BCUT2D eigenvalue weighted by Gasteiger charge is -2.12. The van der Waals surface area contributed by atoms with Crippen molar-refractivity contribution in [3.05, 3.63) is 94.5 Å². The van der Waals surface area contributed by atoms with Gasteiger partial charge in [0.15, 0.2) is 5.75 Å². The summed E-state index contributed by atoms with van der Waals surface area (Å²) in [6, 6.07) is 23.4. The normalized spacial score (nSPS) is 12.0. The van der Waals surface area contributed by atoms with Crippen LogP contribution in [-0.4, -0.2) is 17.9 Å². The highest BCUT2D eigenvalue weighted by Gasteiger charge is 2.21. The van der Waals surface area contributed by atoms with Gasteiger partial charge in [-0.25, -0.2) is 0 Å². The average molecular weight is 452 g/mol. The minimum atomic E-state index is -0.486. The van der Waals surface area contributed by atoms with Crippen LogP contribution < -0.4 is 21.1 Å². The molecular formula is C26H20N4O4. The molecule has 0 saturated carbocycles. The summed E-state index contributed by atoms with van der Waals surface area (Å²) in [6.07, 6.45) is 0. The quantitative estimate of drug-likeness (QED) is 0.204. The summed E-state index contributed by atoms with van der Waals surface area (Å²) < 4.78 is 5.19. The van der Waals surface area contributed by atoms with Crippen molar-refractivity contribution in [1.29, 1.82) is 0 Å². The summed E-state index contributed by atoms with van der Waals surface area (Å²) in [5, 5.41) is 17.5. The molecule has 4 aromatic carbocycles. The predicted molar refractivity (Wildman–Crippen MR) is 133 cm³/mol. The van der Waals surface area contributed by atoms with E-state index >= 15 is 0 Å². The van der Waals surface area contributed by atoms with Crippen LogP contribution in [0.15, 0.2) is 78.9 Å². The summed E-state index contributed by atoms with van der Waals surface area (Å²) in [4.78, 5) is 23.7. The fourth-order valence-corrected chi connectivity index (χ4v) is 4.02. The maximum absolute atomic E-state index is 13.0. The van der Waals surface area contributed by atoms with Gasteiger partial charge >= 0.3 is 5.69 Å². The molecule has 1 amide bonds. The monoisotopic (exact) mass is 452 g/mol. The minimum Gasteiger partial charge on any atom is -0.490 e. The minimum absolute atomic E-state index is 0.108. The number of nitrogens with two attached hydrogens (primary N) is 1. The molecule has 0 radical (unpaired) electrons. The van der Waals surface area contributed by atoms with Crippen molar-refractivity contribution in [3.63, 3.8) is 0 Å². The molecule has 0 aliphatic carbocycles. The van der Waals surface area contributed by atoms with E-state index in [2.05, 4.69) is 10.6 Å². The molecule has 0 fully saturated rings. The Balaban J connectivity index is 1.53. The summed E-state index contributed by atoms with van der Waals surface area (Å²) in [6.45, 7) is 0. The number of hydrogen-bond acceptors (Lipinski definition) is 6. The molecule has 0 spiro atoms. The van der Waals surface area contributed by atoms with E-state index in [9.17, 15) is 14.9 Å². The number of methoxy groups -OCH3 is 1. The summed E-state index contributed by atoms with van der Waals surface area (Å²) >= 11 is 0. The van der Waals surface area contributed by atoms with Gasteiger partial charge in [0.2, 0.25) is 0 Å². The lowest BCUT2D eigenvalue weighted by molar-refractivity contribution is -0.385. The van der Waals surface area contributed by atoms with Crippen molar-refractivity contribution >= 4 is 34.3 Å². The SMILES string of the molecule is COc1cc(-c2ccc3c(c2)Nc2ccc(-c4cccc(N)c4)cc2NC3=O)ccc1[N+](=O)[O-]. The van der Waals surface area contributed by atoms with Crippen LogP contribution in [0.4, 0.5) is 28.4 Å². The third-order valence-corrected chi connectivity index (χ3v) is 5.73. The van der Waals surface area contributed by atoms with Gasteiger partial charge in [0.05, 0.1) is 34.7 Å². The molecule has 0 atom stereocenters. The molecule has 4 N–H and O–H groups in total. The number of benzene rings is 4. The Bertz CT molecular complexity index is 1470.